The molecule has 0 bridgehead atoms. The standard InChI is InChI=1S/C8H7BrN2O2/c9-3-7(12)6-2-1-5(4-11-6)8(10)13/h1-2,4H,3H2,(H2,10,13). The monoisotopic (exact) mass is 242 g/mol. The molecule has 0 saturated heterocycles. The van der Waals surface area contributed by atoms with E-state index in [1.807, 2.05) is 0 Å². The minimum atomic E-state index is -0.551. The Morgan fingerprint density at radius 3 is 2.54 bits per heavy atom. The van der Waals surface area contributed by atoms with Gasteiger partial charge in [-0.2, -0.15) is 0 Å². The number of Topliss-reactive ketones (excluding diaryl/α,β-unsaturated/α-hetero) is 1. The smallest absolute Gasteiger partial charge is 0.250 e. The normalized spacial score (nSPS) is 9.62. The Morgan fingerprint density at radius 1 is 1.46 bits per heavy atom. The second-order valence-electron chi connectivity index (χ2n) is 2.35. The molecule has 2 N–H and O–H groups in total. The van der Waals surface area contributed by atoms with Crippen LogP contribution in [0.15, 0.2) is 18.3 Å². The molecular formula is C8H7BrN2O2. The molecule has 0 fully saturated rings. The van der Waals surface area contributed by atoms with E-state index in [-0.39, 0.29) is 11.1 Å². The number of nitrogens with two attached hydrogens (primary N) is 1. The number of carbonyl (C=O) groups excluding carboxylic acids is 2. The molecule has 68 valence electrons. The topological polar surface area (TPSA) is 73.1 Å². The summed E-state index contributed by atoms with van der Waals surface area (Å²) in [5, 5.41) is 0.218. The number of hydrogen-bond acceptors (Lipinski definition) is 3. The first-order valence-electron chi connectivity index (χ1n) is 3.50. The van der Waals surface area contributed by atoms with Crippen molar-refractivity contribution < 1.29 is 9.59 Å². The van der Waals surface area contributed by atoms with Gasteiger partial charge in [0.25, 0.3) is 0 Å². The van der Waals surface area contributed by atoms with E-state index in [2.05, 4.69) is 20.9 Å². The van der Waals surface area contributed by atoms with Crippen molar-refractivity contribution in [2.24, 2.45) is 5.73 Å². The molecule has 13 heavy (non-hydrogen) atoms. The lowest BCUT2D eigenvalue weighted by atomic mass is 10.2. The Kier molecular flexibility index (Phi) is 3.13. The van der Waals surface area contributed by atoms with Crippen molar-refractivity contribution in [1.29, 1.82) is 0 Å². The summed E-state index contributed by atoms with van der Waals surface area (Å²) in [6, 6.07) is 2.95. The molecule has 0 atom stereocenters. The van der Waals surface area contributed by atoms with Gasteiger partial charge in [-0.25, -0.2) is 0 Å². The second kappa shape index (κ2) is 4.13. The molecule has 0 saturated carbocycles. The largest absolute Gasteiger partial charge is 0.366 e. The summed E-state index contributed by atoms with van der Waals surface area (Å²) < 4.78 is 0. The van der Waals surface area contributed by atoms with E-state index in [1.165, 1.54) is 18.3 Å². The number of halogens is 1. The van der Waals surface area contributed by atoms with Crippen molar-refractivity contribution >= 4 is 27.6 Å². The number of nitrogens with zero attached hydrogens (tertiary/aromatic N) is 1. The Morgan fingerprint density at radius 2 is 2.15 bits per heavy atom. The van der Waals surface area contributed by atoms with E-state index in [9.17, 15) is 9.59 Å². The fourth-order valence-corrected chi connectivity index (χ4v) is 1.06. The summed E-state index contributed by atoms with van der Waals surface area (Å²) in [4.78, 5) is 25.5. The van der Waals surface area contributed by atoms with Gasteiger partial charge in [0.1, 0.15) is 5.69 Å². The fraction of sp³-hybridized carbons (Fsp3) is 0.125. The second-order valence-corrected chi connectivity index (χ2v) is 2.91. The first-order chi connectivity index (χ1) is 6.15. The zero-order chi connectivity index (χ0) is 9.84. The number of rotatable bonds is 3. The maximum absolute atomic E-state index is 11.1. The average molecular weight is 243 g/mol. The summed E-state index contributed by atoms with van der Waals surface area (Å²) in [6.45, 7) is 0. The number of primary amides is 1. The summed E-state index contributed by atoms with van der Waals surface area (Å²) in [6.07, 6.45) is 1.29. The van der Waals surface area contributed by atoms with Gasteiger partial charge in [0, 0.05) is 6.20 Å². The number of aromatic nitrogens is 1. The molecule has 1 aromatic rings. The van der Waals surface area contributed by atoms with Crippen molar-refractivity contribution in [2.75, 3.05) is 5.33 Å². The molecule has 5 heteroatoms. The van der Waals surface area contributed by atoms with Crippen LogP contribution in [-0.2, 0) is 0 Å². The maximum atomic E-state index is 11.1. The Balaban J connectivity index is 2.93. The third kappa shape index (κ3) is 2.35. The number of pyridine rings is 1. The van der Waals surface area contributed by atoms with Gasteiger partial charge in [-0.3, -0.25) is 14.6 Å². The van der Waals surface area contributed by atoms with Crippen LogP contribution in [0.2, 0.25) is 0 Å². The number of alkyl halides is 1. The SMILES string of the molecule is NC(=O)c1ccc(C(=O)CBr)nc1. The molecule has 1 amide bonds. The lowest BCUT2D eigenvalue weighted by molar-refractivity contribution is 0.0992. The quantitative estimate of drug-likeness (QED) is 0.629. The minimum absolute atomic E-state index is 0.129. The van der Waals surface area contributed by atoms with Gasteiger partial charge in [-0.15, -0.1) is 0 Å². The molecule has 0 aliphatic heterocycles. The summed E-state index contributed by atoms with van der Waals surface area (Å²) >= 11 is 3.02. The number of ketones is 1. The van der Waals surface area contributed by atoms with E-state index in [4.69, 9.17) is 5.73 Å². The molecule has 1 aromatic heterocycles. The van der Waals surface area contributed by atoms with Crippen molar-refractivity contribution in [3.63, 3.8) is 0 Å². The maximum Gasteiger partial charge on any atom is 0.250 e. The highest BCUT2D eigenvalue weighted by Gasteiger charge is 2.06. The average Bonchev–Trinajstić information content (AvgIpc) is 2.17. The first-order valence-corrected chi connectivity index (χ1v) is 4.62. The molecule has 0 unspecified atom stereocenters. The van der Waals surface area contributed by atoms with Gasteiger partial charge < -0.3 is 5.73 Å². The Labute approximate surface area is 83.3 Å². The predicted molar refractivity (Wildman–Crippen MR) is 50.9 cm³/mol. The van der Waals surface area contributed by atoms with Crippen LogP contribution in [0.25, 0.3) is 0 Å². The van der Waals surface area contributed by atoms with Crippen LogP contribution in [0, 0.1) is 0 Å². The molecule has 0 spiro atoms. The van der Waals surface area contributed by atoms with Crippen LogP contribution in [0.3, 0.4) is 0 Å². The summed E-state index contributed by atoms with van der Waals surface area (Å²) in [7, 11) is 0. The van der Waals surface area contributed by atoms with Crippen LogP contribution in [0.4, 0.5) is 0 Å². The lowest BCUT2D eigenvalue weighted by Gasteiger charge is -1.97. The highest BCUT2D eigenvalue weighted by molar-refractivity contribution is 9.09. The van der Waals surface area contributed by atoms with E-state index in [0.717, 1.165) is 0 Å². The van der Waals surface area contributed by atoms with Crippen LogP contribution in [-0.4, -0.2) is 22.0 Å². The molecule has 1 heterocycles. The molecule has 0 aromatic carbocycles. The van der Waals surface area contributed by atoms with Crippen LogP contribution in [0.5, 0.6) is 0 Å². The Bertz CT molecular complexity index is 335. The minimum Gasteiger partial charge on any atom is -0.366 e. The van der Waals surface area contributed by atoms with Crippen LogP contribution in [0.1, 0.15) is 20.8 Å². The molecular weight excluding hydrogens is 236 g/mol. The highest BCUT2D eigenvalue weighted by Crippen LogP contribution is 2.01. The van der Waals surface area contributed by atoms with Crippen LogP contribution < -0.4 is 5.73 Å². The van der Waals surface area contributed by atoms with E-state index < -0.39 is 5.91 Å². The van der Waals surface area contributed by atoms with Crippen LogP contribution >= 0.6 is 15.9 Å². The summed E-state index contributed by atoms with van der Waals surface area (Å²) in [5.74, 6) is -0.679. The molecule has 0 radical (unpaired) electrons. The Hall–Kier alpha value is -1.23. The van der Waals surface area contributed by atoms with Gasteiger partial charge >= 0.3 is 0 Å². The summed E-state index contributed by atoms with van der Waals surface area (Å²) in [5.41, 5.74) is 5.62. The van der Waals surface area contributed by atoms with E-state index in [1.54, 1.807) is 0 Å². The predicted octanol–water partition coefficient (Wildman–Crippen LogP) is 0.758. The molecule has 0 aliphatic carbocycles. The van der Waals surface area contributed by atoms with E-state index in [0.29, 0.717) is 11.3 Å². The molecule has 1 rings (SSSR count). The van der Waals surface area contributed by atoms with Gasteiger partial charge in [0.2, 0.25) is 5.91 Å². The zero-order valence-electron chi connectivity index (χ0n) is 6.66. The van der Waals surface area contributed by atoms with Gasteiger partial charge in [-0.1, -0.05) is 15.9 Å². The van der Waals surface area contributed by atoms with Crippen molar-refractivity contribution in [3.8, 4) is 0 Å². The van der Waals surface area contributed by atoms with Gasteiger partial charge in [0.15, 0.2) is 5.78 Å². The number of hydrogen-bond donors (Lipinski definition) is 1. The molecule has 0 aliphatic rings. The van der Waals surface area contributed by atoms with Crippen molar-refractivity contribution in [3.05, 3.63) is 29.6 Å². The third-order valence-electron chi connectivity index (χ3n) is 1.46. The van der Waals surface area contributed by atoms with Crippen molar-refractivity contribution in [1.82, 2.24) is 4.98 Å². The van der Waals surface area contributed by atoms with Crippen molar-refractivity contribution in [2.45, 2.75) is 0 Å². The first kappa shape index (κ1) is 9.85. The zero-order valence-corrected chi connectivity index (χ0v) is 8.24. The fourth-order valence-electron chi connectivity index (χ4n) is 0.773. The molecule has 4 nitrogen and oxygen atoms in total. The highest BCUT2D eigenvalue weighted by atomic mass is 79.9. The number of carbonyl (C=O) groups is 2. The number of amides is 1. The van der Waals surface area contributed by atoms with Gasteiger partial charge in [-0.05, 0) is 12.1 Å². The van der Waals surface area contributed by atoms with E-state index >= 15 is 0 Å². The van der Waals surface area contributed by atoms with Gasteiger partial charge in [0.05, 0.1) is 10.9 Å². The third-order valence-corrected chi connectivity index (χ3v) is 1.96. The lowest BCUT2D eigenvalue weighted by Crippen LogP contribution is -2.12.